The number of rotatable bonds is 4. The zero-order valence-corrected chi connectivity index (χ0v) is 11.9. The molecule has 0 aliphatic heterocycles. The van der Waals surface area contributed by atoms with Gasteiger partial charge in [-0.05, 0) is 17.7 Å². The Morgan fingerprint density at radius 2 is 1.82 bits per heavy atom. The molecule has 10 heteroatoms. The first kappa shape index (κ1) is 15.7. The fourth-order valence-electron chi connectivity index (χ4n) is 1.63. The SMILES string of the molecule is NS(=O)(=O)c1ccc(CN=Cc2c(O)[nH]c(=O)[nH]c2=O)cc1. The van der Waals surface area contributed by atoms with Gasteiger partial charge in [0.05, 0.1) is 11.4 Å². The second-order valence-corrected chi connectivity index (χ2v) is 5.89. The van der Waals surface area contributed by atoms with Crippen LogP contribution in [0.2, 0.25) is 0 Å². The summed E-state index contributed by atoms with van der Waals surface area (Å²) in [5.74, 6) is -0.581. The van der Waals surface area contributed by atoms with Gasteiger partial charge in [0.1, 0.15) is 5.56 Å². The van der Waals surface area contributed by atoms with E-state index in [-0.39, 0.29) is 17.0 Å². The molecule has 2 aromatic rings. The molecule has 22 heavy (non-hydrogen) atoms. The lowest BCUT2D eigenvalue weighted by atomic mass is 10.2. The molecule has 116 valence electrons. The third-order valence-electron chi connectivity index (χ3n) is 2.70. The highest BCUT2D eigenvalue weighted by Crippen LogP contribution is 2.09. The monoisotopic (exact) mass is 324 g/mol. The highest BCUT2D eigenvalue weighted by atomic mass is 32.2. The van der Waals surface area contributed by atoms with E-state index in [1.54, 1.807) is 0 Å². The Bertz CT molecular complexity index is 925. The van der Waals surface area contributed by atoms with Gasteiger partial charge >= 0.3 is 5.69 Å². The van der Waals surface area contributed by atoms with E-state index in [0.29, 0.717) is 5.56 Å². The summed E-state index contributed by atoms with van der Waals surface area (Å²) in [6.07, 6.45) is 1.11. The van der Waals surface area contributed by atoms with Gasteiger partial charge in [0.25, 0.3) is 5.56 Å². The molecule has 0 spiro atoms. The number of primary sulfonamides is 1. The summed E-state index contributed by atoms with van der Waals surface area (Å²) >= 11 is 0. The Morgan fingerprint density at radius 3 is 2.36 bits per heavy atom. The molecular formula is C12H12N4O5S. The molecule has 0 saturated heterocycles. The van der Waals surface area contributed by atoms with Gasteiger partial charge in [-0.2, -0.15) is 0 Å². The zero-order valence-electron chi connectivity index (χ0n) is 11.1. The Morgan fingerprint density at radius 1 is 1.18 bits per heavy atom. The third-order valence-corrected chi connectivity index (χ3v) is 3.63. The summed E-state index contributed by atoms with van der Waals surface area (Å²) in [7, 11) is -3.75. The molecule has 9 nitrogen and oxygen atoms in total. The fraction of sp³-hybridized carbons (Fsp3) is 0.0833. The second kappa shape index (κ2) is 5.95. The van der Waals surface area contributed by atoms with Gasteiger partial charge in [0.2, 0.25) is 15.9 Å². The summed E-state index contributed by atoms with van der Waals surface area (Å²) in [5, 5.41) is 14.4. The number of benzene rings is 1. The highest BCUT2D eigenvalue weighted by molar-refractivity contribution is 7.89. The number of H-pyrrole nitrogens is 2. The van der Waals surface area contributed by atoms with Gasteiger partial charge in [-0.1, -0.05) is 12.1 Å². The van der Waals surface area contributed by atoms with Crippen LogP contribution in [0.5, 0.6) is 5.88 Å². The molecule has 0 bridgehead atoms. The summed E-state index contributed by atoms with van der Waals surface area (Å²) in [5.41, 5.74) is -1.10. The van der Waals surface area contributed by atoms with E-state index in [9.17, 15) is 23.1 Å². The van der Waals surface area contributed by atoms with Crippen LogP contribution in [-0.2, 0) is 16.6 Å². The molecule has 5 N–H and O–H groups in total. The number of nitrogens with one attached hydrogen (secondary N) is 2. The van der Waals surface area contributed by atoms with Gasteiger partial charge in [0.15, 0.2) is 0 Å². The van der Waals surface area contributed by atoms with E-state index in [4.69, 9.17) is 5.14 Å². The number of aromatic amines is 2. The van der Waals surface area contributed by atoms with Crippen LogP contribution in [0.15, 0.2) is 43.7 Å². The lowest BCUT2D eigenvalue weighted by Gasteiger charge is -2.00. The third kappa shape index (κ3) is 3.68. The number of sulfonamides is 1. The minimum Gasteiger partial charge on any atom is -0.494 e. The van der Waals surface area contributed by atoms with Crippen molar-refractivity contribution < 1.29 is 13.5 Å². The van der Waals surface area contributed by atoms with Crippen LogP contribution in [-0.4, -0.2) is 29.7 Å². The first-order chi connectivity index (χ1) is 10.3. The van der Waals surface area contributed by atoms with Gasteiger partial charge in [-0.15, -0.1) is 0 Å². The maximum absolute atomic E-state index is 11.5. The molecule has 0 aliphatic carbocycles. The predicted octanol–water partition coefficient (Wildman–Crippen LogP) is -0.965. The number of nitrogens with zero attached hydrogens (tertiary/aromatic N) is 1. The van der Waals surface area contributed by atoms with Crippen LogP contribution in [0.3, 0.4) is 0 Å². The zero-order chi connectivity index (χ0) is 16.3. The molecule has 0 unspecified atom stereocenters. The lowest BCUT2D eigenvalue weighted by Crippen LogP contribution is -2.24. The van der Waals surface area contributed by atoms with Gasteiger partial charge in [-0.3, -0.25) is 19.8 Å². The van der Waals surface area contributed by atoms with Crippen molar-refractivity contribution in [2.75, 3.05) is 0 Å². The average molecular weight is 324 g/mol. The number of aliphatic imine (C=N–C) groups is 1. The number of nitrogens with two attached hydrogens (primary N) is 1. The van der Waals surface area contributed by atoms with E-state index in [2.05, 4.69) is 4.99 Å². The molecular weight excluding hydrogens is 312 g/mol. The van der Waals surface area contributed by atoms with Crippen LogP contribution in [0.1, 0.15) is 11.1 Å². The van der Waals surface area contributed by atoms with E-state index in [0.717, 1.165) is 6.21 Å². The summed E-state index contributed by atoms with van der Waals surface area (Å²) in [6, 6.07) is 5.72. The van der Waals surface area contributed by atoms with E-state index < -0.39 is 27.2 Å². The van der Waals surface area contributed by atoms with Crippen molar-refractivity contribution >= 4 is 16.2 Å². The first-order valence-corrected chi connectivity index (χ1v) is 7.49. The standard InChI is InChI=1S/C12H12N4O5S/c13-22(20,21)8-3-1-7(2-4-8)5-14-6-9-10(17)15-12(19)16-11(9)18/h1-4,6H,5H2,(H2,13,20,21)(H3,15,16,17,18,19). The summed E-state index contributed by atoms with van der Waals surface area (Å²) in [4.78, 5) is 30.3. The Balaban J connectivity index is 2.17. The lowest BCUT2D eigenvalue weighted by molar-refractivity contribution is 0.447. The maximum atomic E-state index is 11.5. The second-order valence-electron chi connectivity index (χ2n) is 4.33. The topological polar surface area (TPSA) is 158 Å². The Kier molecular flexibility index (Phi) is 4.24. The predicted molar refractivity (Wildman–Crippen MR) is 78.5 cm³/mol. The number of hydrogen-bond acceptors (Lipinski definition) is 6. The molecule has 0 fully saturated rings. The Hall–Kier alpha value is -2.72. The molecule has 1 aromatic carbocycles. The van der Waals surface area contributed by atoms with Crippen molar-refractivity contribution in [1.82, 2.24) is 9.97 Å². The summed E-state index contributed by atoms with van der Waals surface area (Å²) < 4.78 is 22.2. The number of aromatic nitrogens is 2. The van der Waals surface area contributed by atoms with Crippen LogP contribution >= 0.6 is 0 Å². The smallest absolute Gasteiger partial charge is 0.328 e. The quantitative estimate of drug-likeness (QED) is 0.532. The largest absolute Gasteiger partial charge is 0.494 e. The minimum atomic E-state index is -3.75. The van der Waals surface area contributed by atoms with Gasteiger partial charge in [0, 0.05) is 6.21 Å². The number of aromatic hydroxyl groups is 1. The highest BCUT2D eigenvalue weighted by Gasteiger charge is 2.07. The van der Waals surface area contributed by atoms with E-state index in [1.165, 1.54) is 24.3 Å². The molecule has 2 rings (SSSR count). The van der Waals surface area contributed by atoms with Crippen LogP contribution in [0, 0.1) is 0 Å². The molecule has 0 amide bonds. The van der Waals surface area contributed by atoms with Crippen molar-refractivity contribution in [1.29, 1.82) is 0 Å². The minimum absolute atomic E-state index is 0.0186. The molecule has 1 aromatic heterocycles. The van der Waals surface area contributed by atoms with E-state index >= 15 is 0 Å². The van der Waals surface area contributed by atoms with Crippen LogP contribution in [0.4, 0.5) is 0 Å². The van der Waals surface area contributed by atoms with Crippen molar-refractivity contribution in [3.63, 3.8) is 0 Å². The van der Waals surface area contributed by atoms with Crippen LogP contribution < -0.4 is 16.4 Å². The van der Waals surface area contributed by atoms with E-state index in [1.807, 2.05) is 9.97 Å². The van der Waals surface area contributed by atoms with Crippen LogP contribution in [0.25, 0.3) is 0 Å². The van der Waals surface area contributed by atoms with Crippen molar-refractivity contribution in [2.45, 2.75) is 11.4 Å². The summed E-state index contributed by atoms with van der Waals surface area (Å²) in [6.45, 7) is 0.142. The van der Waals surface area contributed by atoms with Crippen molar-refractivity contribution in [3.8, 4) is 5.88 Å². The average Bonchev–Trinajstić information content (AvgIpc) is 2.41. The van der Waals surface area contributed by atoms with Gasteiger partial charge in [-0.25, -0.2) is 18.4 Å². The normalized spacial score (nSPS) is 11.9. The molecule has 0 atom stereocenters. The van der Waals surface area contributed by atoms with Crippen molar-refractivity contribution in [3.05, 3.63) is 56.2 Å². The molecule has 1 heterocycles. The molecule has 0 radical (unpaired) electrons. The van der Waals surface area contributed by atoms with Crippen molar-refractivity contribution in [2.24, 2.45) is 10.1 Å². The maximum Gasteiger partial charge on any atom is 0.328 e. The first-order valence-electron chi connectivity index (χ1n) is 5.94. The number of hydrogen-bond donors (Lipinski definition) is 4. The fourth-order valence-corrected chi connectivity index (χ4v) is 2.15. The molecule has 0 saturated carbocycles. The van der Waals surface area contributed by atoms with Gasteiger partial charge < -0.3 is 5.11 Å². The molecule has 0 aliphatic rings. The Labute approximate surface area is 124 Å².